The van der Waals surface area contributed by atoms with E-state index >= 15 is 0 Å². The van der Waals surface area contributed by atoms with Gasteiger partial charge in [0.05, 0.1) is 5.69 Å². The van der Waals surface area contributed by atoms with Gasteiger partial charge in [-0.3, -0.25) is 0 Å². The largest absolute Gasteiger partial charge is 0.508 e. The summed E-state index contributed by atoms with van der Waals surface area (Å²) in [6.45, 7) is 0.917. The Balaban J connectivity index is 1.88. The van der Waals surface area contributed by atoms with Crippen molar-refractivity contribution in [1.82, 2.24) is 9.55 Å². The van der Waals surface area contributed by atoms with Gasteiger partial charge in [-0.1, -0.05) is 18.2 Å². The van der Waals surface area contributed by atoms with Crippen LogP contribution >= 0.6 is 0 Å². The van der Waals surface area contributed by atoms with E-state index in [-0.39, 0.29) is 0 Å². The monoisotopic (exact) mass is 244 g/mol. The van der Waals surface area contributed by atoms with Gasteiger partial charge in [0.15, 0.2) is 0 Å². The molecule has 1 aromatic carbocycles. The minimum absolute atomic E-state index is 0.295. The first kappa shape index (κ1) is 11.3. The molecule has 0 fully saturated rings. The number of fused-ring (bicyclic) bond motifs is 1. The van der Waals surface area contributed by atoms with Crippen LogP contribution in [-0.4, -0.2) is 19.8 Å². The molecule has 0 spiro atoms. The average molecular weight is 244 g/mol. The second-order valence-electron chi connectivity index (χ2n) is 4.75. The molecule has 2 heterocycles. The van der Waals surface area contributed by atoms with Gasteiger partial charge >= 0.3 is 0 Å². The van der Waals surface area contributed by atoms with E-state index in [9.17, 15) is 10.2 Å². The first-order valence-electron chi connectivity index (χ1n) is 6.25. The highest BCUT2D eigenvalue weighted by Crippen LogP contribution is 2.26. The lowest BCUT2D eigenvalue weighted by atomic mass is 10.1. The first-order valence-corrected chi connectivity index (χ1v) is 6.25. The number of aromatic nitrogens is 2. The van der Waals surface area contributed by atoms with Crippen molar-refractivity contribution in [2.75, 3.05) is 0 Å². The summed E-state index contributed by atoms with van der Waals surface area (Å²) in [7, 11) is 0. The second kappa shape index (κ2) is 4.46. The quantitative estimate of drug-likeness (QED) is 0.849. The van der Waals surface area contributed by atoms with Crippen LogP contribution in [0.15, 0.2) is 30.5 Å². The molecule has 94 valence electrons. The third-order valence-corrected chi connectivity index (χ3v) is 3.40. The molecule has 0 aliphatic carbocycles. The lowest BCUT2D eigenvalue weighted by molar-refractivity contribution is 0.133. The number of aromatic hydroxyl groups is 1. The van der Waals surface area contributed by atoms with Crippen LogP contribution in [0.5, 0.6) is 5.75 Å². The summed E-state index contributed by atoms with van der Waals surface area (Å²) >= 11 is 0. The van der Waals surface area contributed by atoms with Crippen molar-refractivity contribution in [1.29, 1.82) is 0 Å². The predicted molar refractivity (Wildman–Crippen MR) is 67.3 cm³/mol. The predicted octanol–water partition coefficient (Wildman–Crippen LogP) is 2.01. The molecule has 1 atom stereocenters. The van der Waals surface area contributed by atoms with Crippen molar-refractivity contribution in [3.8, 4) is 5.75 Å². The van der Waals surface area contributed by atoms with Crippen LogP contribution in [0.2, 0.25) is 0 Å². The van der Waals surface area contributed by atoms with Gasteiger partial charge in [0.2, 0.25) is 0 Å². The van der Waals surface area contributed by atoms with E-state index in [1.54, 1.807) is 12.1 Å². The summed E-state index contributed by atoms with van der Waals surface area (Å²) in [4.78, 5) is 4.47. The average Bonchev–Trinajstić information content (AvgIpc) is 2.76. The molecule has 4 nitrogen and oxygen atoms in total. The molecule has 1 aromatic heterocycles. The van der Waals surface area contributed by atoms with Crippen LogP contribution < -0.4 is 0 Å². The molecule has 2 aromatic rings. The summed E-state index contributed by atoms with van der Waals surface area (Å²) in [5, 5.41) is 19.6. The van der Waals surface area contributed by atoms with E-state index in [1.165, 1.54) is 0 Å². The van der Waals surface area contributed by atoms with Crippen molar-refractivity contribution in [3.05, 3.63) is 47.5 Å². The molecule has 4 heteroatoms. The number of para-hydroxylation sites is 1. The summed E-state index contributed by atoms with van der Waals surface area (Å²) in [6, 6.07) is 7.28. The van der Waals surface area contributed by atoms with E-state index in [0.29, 0.717) is 12.2 Å². The van der Waals surface area contributed by atoms with Crippen LogP contribution in [0.25, 0.3) is 0 Å². The summed E-state index contributed by atoms with van der Waals surface area (Å²) < 4.78 is 2.02. The normalized spacial score (nSPS) is 18.6. The van der Waals surface area contributed by atoms with Crippen molar-refractivity contribution >= 4 is 0 Å². The summed E-state index contributed by atoms with van der Waals surface area (Å²) in [6.07, 6.45) is 3.90. The molecule has 0 saturated heterocycles. The molecule has 1 unspecified atom stereocenters. The van der Waals surface area contributed by atoms with E-state index < -0.39 is 6.10 Å². The number of phenolic OH excluding ortho intramolecular Hbond substituents is 1. The van der Waals surface area contributed by atoms with E-state index in [0.717, 1.165) is 36.5 Å². The molecule has 3 rings (SSSR count). The van der Waals surface area contributed by atoms with Gasteiger partial charge in [0, 0.05) is 19.2 Å². The van der Waals surface area contributed by atoms with Gasteiger partial charge in [-0.15, -0.1) is 0 Å². The molecule has 1 aliphatic rings. The highest BCUT2D eigenvalue weighted by molar-refractivity contribution is 5.34. The minimum Gasteiger partial charge on any atom is -0.508 e. The van der Waals surface area contributed by atoms with Crippen molar-refractivity contribution in [2.24, 2.45) is 0 Å². The Kier molecular flexibility index (Phi) is 2.80. The third kappa shape index (κ3) is 1.99. The number of hydrogen-bond donors (Lipinski definition) is 2. The lowest BCUT2D eigenvalue weighted by Gasteiger charge is -2.18. The third-order valence-electron chi connectivity index (χ3n) is 3.40. The molecule has 18 heavy (non-hydrogen) atoms. The number of hydrogen-bond acceptors (Lipinski definition) is 3. The standard InChI is InChI=1S/C14H16N2O2/c17-12-5-2-1-4-10(12)8-11-9-16-7-3-6-13(18)14(16)15-11/h1-2,4-5,9,13,17-18H,3,6-8H2. The minimum atomic E-state index is -0.447. The fraction of sp³-hybridized carbons (Fsp3) is 0.357. The maximum absolute atomic E-state index is 9.86. The van der Waals surface area contributed by atoms with Crippen LogP contribution in [0.4, 0.5) is 0 Å². The van der Waals surface area contributed by atoms with Crippen LogP contribution in [-0.2, 0) is 13.0 Å². The number of rotatable bonds is 2. The molecule has 0 amide bonds. The zero-order chi connectivity index (χ0) is 12.5. The molecule has 1 aliphatic heterocycles. The maximum Gasteiger partial charge on any atom is 0.137 e. The highest BCUT2D eigenvalue weighted by Gasteiger charge is 2.20. The van der Waals surface area contributed by atoms with Crippen molar-refractivity contribution in [3.63, 3.8) is 0 Å². The fourth-order valence-corrected chi connectivity index (χ4v) is 2.46. The molecule has 0 saturated carbocycles. The van der Waals surface area contributed by atoms with Crippen LogP contribution in [0.1, 0.15) is 36.0 Å². The zero-order valence-electron chi connectivity index (χ0n) is 10.1. The molecule has 2 N–H and O–H groups in total. The van der Waals surface area contributed by atoms with Gasteiger partial charge < -0.3 is 14.8 Å². The van der Waals surface area contributed by atoms with Gasteiger partial charge in [0.25, 0.3) is 0 Å². The Bertz CT molecular complexity index is 563. The Morgan fingerprint density at radius 2 is 2.17 bits per heavy atom. The number of aliphatic hydroxyl groups is 1. The number of imidazole rings is 1. The van der Waals surface area contributed by atoms with Gasteiger partial charge in [-0.25, -0.2) is 4.98 Å². The second-order valence-corrected chi connectivity index (χ2v) is 4.75. The van der Waals surface area contributed by atoms with Crippen molar-refractivity contribution in [2.45, 2.75) is 31.9 Å². The highest BCUT2D eigenvalue weighted by atomic mass is 16.3. The maximum atomic E-state index is 9.86. The topological polar surface area (TPSA) is 58.3 Å². The summed E-state index contributed by atoms with van der Waals surface area (Å²) in [5.74, 6) is 1.05. The Morgan fingerprint density at radius 3 is 2.94 bits per heavy atom. The molecular weight excluding hydrogens is 228 g/mol. The lowest BCUT2D eigenvalue weighted by Crippen LogP contribution is -2.14. The molecular formula is C14H16N2O2. The number of aryl methyl sites for hydroxylation is 1. The number of aliphatic hydroxyl groups excluding tert-OH is 1. The van der Waals surface area contributed by atoms with Gasteiger partial charge in [-0.2, -0.15) is 0 Å². The SMILES string of the molecule is Oc1ccccc1Cc1cn2c(n1)C(O)CCC2. The number of nitrogens with zero attached hydrogens (tertiary/aromatic N) is 2. The number of benzene rings is 1. The Labute approximate surface area is 106 Å². The first-order chi connectivity index (χ1) is 8.74. The van der Waals surface area contributed by atoms with E-state index in [4.69, 9.17) is 0 Å². The Hall–Kier alpha value is -1.81. The van der Waals surface area contributed by atoms with Gasteiger partial charge in [0.1, 0.15) is 17.7 Å². The fourth-order valence-electron chi connectivity index (χ4n) is 2.46. The van der Waals surface area contributed by atoms with Crippen LogP contribution in [0, 0.1) is 0 Å². The molecule has 0 bridgehead atoms. The smallest absolute Gasteiger partial charge is 0.137 e. The zero-order valence-corrected chi connectivity index (χ0v) is 10.1. The Morgan fingerprint density at radius 1 is 1.33 bits per heavy atom. The van der Waals surface area contributed by atoms with E-state index in [1.807, 2.05) is 22.9 Å². The van der Waals surface area contributed by atoms with E-state index in [2.05, 4.69) is 4.98 Å². The van der Waals surface area contributed by atoms with Crippen LogP contribution in [0.3, 0.4) is 0 Å². The number of phenols is 1. The molecule has 0 radical (unpaired) electrons. The summed E-state index contributed by atoms with van der Waals surface area (Å²) in [5.41, 5.74) is 1.76. The van der Waals surface area contributed by atoms with Crippen molar-refractivity contribution < 1.29 is 10.2 Å². The van der Waals surface area contributed by atoms with Gasteiger partial charge in [-0.05, 0) is 24.5 Å².